The molecule has 114 valence electrons. The number of amides is 1. The van der Waals surface area contributed by atoms with Crippen molar-refractivity contribution in [2.24, 2.45) is 0 Å². The zero-order valence-corrected chi connectivity index (χ0v) is 13.5. The van der Waals surface area contributed by atoms with E-state index < -0.39 is 0 Å². The quantitative estimate of drug-likeness (QED) is 0.627. The Bertz CT molecular complexity index is 656. The lowest BCUT2D eigenvalue weighted by atomic mass is 10.1. The van der Waals surface area contributed by atoms with E-state index in [4.69, 9.17) is 4.74 Å². The average Bonchev–Trinajstić information content (AvgIpc) is 2.87. The van der Waals surface area contributed by atoms with E-state index in [9.17, 15) is 4.79 Å². The number of nitrogens with one attached hydrogen (secondary N) is 1. The van der Waals surface area contributed by atoms with Crippen LogP contribution in [0.4, 0.5) is 0 Å². The number of hydrogen-bond acceptors (Lipinski definition) is 6. The number of ether oxygens (including phenoxy) is 1. The molecule has 0 saturated heterocycles. The third-order valence-corrected chi connectivity index (χ3v) is 3.72. The lowest BCUT2D eigenvalue weighted by molar-refractivity contribution is -0.120. The second kappa shape index (κ2) is 6.86. The largest absolute Gasteiger partial charge is 0.383 e. The summed E-state index contributed by atoms with van der Waals surface area (Å²) in [5, 5.41) is 7.85. The maximum atomic E-state index is 11.9. The third kappa shape index (κ3) is 3.51. The van der Waals surface area contributed by atoms with Crippen LogP contribution in [0, 0.1) is 13.8 Å². The highest BCUT2D eigenvalue weighted by Gasteiger charge is 2.15. The van der Waals surface area contributed by atoms with Crippen LogP contribution in [0.5, 0.6) is 0 Å². The molecule has 21 heavy (non-hydrogen) atoms. The molecule has 8 heteroatoms. The lowest BCUT2D eigenvalue weighted by Crippen LogP contribution is -2.29. The highest BCUT2D eigenvalue weighted by Crippen LogP contribution is 2.17. The first kappa shape index (κ1) is 15.7. The van der Waals surface area contributed by atoms with Crippen molar-refractivity contribution in [1.82, 2.24) is 24.9 Å². The van der Waals surface area contributed by atoms with Crippen molar-refractivity contribution in [3.05, 3.63) is 17.0 Å². The molecule has 0 aliphatic heterocycles. The van der Waals surface area contributed by atoms with Crippen molar-refractivity contribution < 1.29 is 9.53 Å². The first-order chi connectivity index (χ1) is 10.1. The fraction of sp³-hybridized carbons (Fsp3) is 0.538. The van der Waals surface area contributed by atoms with Gasteiger partial charge in [0.1, 0.15) is 0 Å². The van der Waals surface area contributed by atoms with Crippen LogP contribution in [0.3, 0.4) is 0 Å². The van der Waals surface area contributed by atoms with Crippen LogP contribution in [-0.4, -0.2) is 52.0 Å². The maximum absolute atomic E-state index is 11.9. The molecule has 0 atom stereocenters. The molecule has 0 aliphatic rings. The average molecular weight is 309 g/mol. The molecule has 2 aromatic rings. The Kier molecular flexibility index (Phi) is 5.13. The van der Waals surface area contributed by atoms with Gasteiger partial charge in [0.25, 0.3) is 5.78 Å². The zero-order valence-electron chi connectivity index (χ0n) is 12.6. The minimum atomic E-state index is -0.0513. The Morgan fingerprint density at radius 2 is 2.14 bits per heavy atom. The van der Waals surface area contributed by atoms with Crippen LogP contribution in [-0.2, 0) is 16.0 Å². The van der Waals surface area contributed by atoms with E-state index in [0.717, 1.165) is 17.0 Å². The molecule has 0 unspecified atom stereocenters. The summed E-state index contributed by atoms with van der Waals surface area (Å²) in [6.07, 6.45) is 2.19. The molecule has 0 saturated carbocycles. The smallest absolute Gasteiger partial charge is 0.253 e. The van der Waals surface area contributed by atoms with Gasteiger partial charge >= 0.3 is 0 Å². The minimum Gasteiger partial charge on any atom is -0.383 e. The first-order valence-electron chi connectivity index (χ1n) is 6.59. The Labute approximate surface area is 127 Å². The minimum absolute atomic E-state index is 0.0513. The van der Waals surface area contributed by atoms with Crippen LogP contribution >= 0.6 is 11.8 Å². The number of aromatic nitrogens is 4. The van der Waals surface area contributed by atoms with Gasteiger partial charge in [0, 0.05) is 30.6 Å². The van der Waals surface area contributed by atoms with Crippen molar-refractivity contribution in [1.29, 1.82) is 0 Å². The number of hydrogen-bond donors (Lipinski definition) is 1. The molecule has 1 N–H and O–H groups in total. The summed E-state index contributed by atoms with van der Waals surface area (Å²) in [4.78, 5) is 20.7. The van der Waals surface area contributed by atoms with Crippen LogP contribution in [0.2, 0.25) is 0 Å². The molecule has 7 nitrogen and oxygen atoms in total. The van der Waals surface area contributed by atoms with Crippen LogP contribution in [0.25, 0.3) is 5.78 Å². The Morgan fingerprint density at radius 1 is 1.38 bits per heavy atom. The standard InChI is InChI=1S/C13H19N5O2S/c1-8-10(7-11(19)14-5-6-20-3)9(2)18-12(15-8)16-13(17-18)21-4/h5-7H2,1-4H3,(H,14,19). The number of carbonyl (C=O) groups excluding carboxylic acids is 1. The second-order valence-electron chi connectivity index (χ2n) is 4.59. The van der Waals surface area contributed by atoms with Gasteiger partial charge in [0.05, 0.1) is 13.0 Å². The van der Waals surface area contributed by atoms with E-state index in [1.807, 2.05) is 20.1 Å². The number of methoxy groups -OCH3 is 1. The fourth-order valence-corrected chi connectivity index (χ4v) is 2.38. The summed E-state index contributed by atoms with van der Waals surface area (Å²) >= 11 is 1.47. The van der Waals surface area contributed by atoms with E-state index in [2.05, 4.69) is 20.4 Å². The van der Waals surface area contributed by atoms with Crippen LogP contribution < -0.4 is 5.32 Å². The van der Waals surface area contributed by atoms with Gasteiger partial charge in [-0.2, -0.15) is 4.98 Å². The topological polar surface area (TPSA) is 81.4 Å². The number of nitrogens with zero attached hydrogens (tertiary/aromatic N) is 4. The van der Waals surface area contributed by atoms with E-state index >= 15 is 0 Å². The van der Waals surface area contributed by atoms with E-state index in [-0.39, 0.29) is 12.3 Å². The zero-order chi connectivity index (χ0) is 15.4. The summed E-state index contributed by atoms with van der Waals surface area (Å²) in [5.41, 5.74) is 2.59. The fourth-order valence-electron chi connectivity index (χ4n) is 2.05. The Balaban J connectivity index is 2.24. The molecule has 0 fully saturated rings. The molecule has 0 aliphatic carbocycles. The molecule has 0 aromatic carbocycles. The number of thioether (sulfide) groups is 1. The van der Waals surface area contributed by atoms with Gasteiger partial charge in [-0.15, -0.1) is 5.10 Å². The molecule has 2 heterocycles. The van der Waals surface area contributed by atoms with Crippen molar-refractivity contribution in [3.8, 4) is 0 Å². The molecule has 0 bridgehead atoms. The molecule has 0 spiro atoms. The number of fused-ring (bicyclic) bond motifs is 1. The summed E-state index contributed by atoms with van der Waals surface area (Å²) in [7, 11) is 1.60. The van der Waals surface area contributed by atoms with Crippen molar-refractivity contribution >= 4 is 23.4 Å². The highest BCUT2D eigenvalue weighted by molar-refractivity contribution is 7.98. The first-order valence-corrected chi connectivity index (χ1v) is 7.81. The van der Waals surface area contributed by atoms with Crippen LogP contribution in [0.1, 0.15) is 17.0 Å². The summed E-state index contributed by atoms with van der Waals surface area (Å²) in [5.74, 6) is 0.516. The summed E-state index contributed by atoms with van der Waals surface area (Å²) in [6, 6.07) is 0. The molecule has 2 rings (SSSR count). The van der Waals surface area contributed by atoms with Crippen LogP contribution in [0.15, 0.2) is 5.16 Å². The Morgan fingerprint density at radius 3 is 2.81 bits per heavy atom. The predicted molar refractivity (Wildman–Crippen MR) is 80.6 cm³/mol. The monoisotopic (exact) mass is 309 g/mol. The lowest BCUT2D eigenvalue weighted by Gasteiger charge is -2.10. The van der Waals surface area contributed by atoms with Gasteiger partial charge in [-0.25, -0.2) is 9.50 Å². The summed E-state index contributed by atoms with van der Waals surface area (Å²) < 4.78 is 6.60. The maximum Gasteiger partial charge on any atom is 0.253 e. The van der Waals surface area contributed by atoms with Gasteiger partial charge in [-0.05, 0) is 20.1 Å². The normalized spacial score (nSPS) is 11.0. The predicted octanol–water partition coefficient (Wildman–Crippen LogP) is 0.768. The van der Waals surface area contributed by atoms with E-state index in [1.165, 1.54) is 11.8 Å². The van der Waals surface area contributed by atoms with Crippen molar-refractivity contribution in [2.45, 2.75) is 25.4 Å². The summed E-state index contributed by atoms with van der Waals surface area (Å²) in [6.45, 7) is 4.82. The molecule has 2 aromatic heterocycles. The molecular formula is C13H19N5O2S. The van der Waals surface area contributed by atoms with Crippen molar-refractivity contribution in [2.75, 3.05) is 26.5 Å². The molecule has 1 amide bonds. The number of aryl methyl sites for hydroxylation is 2. The van der Waals surface area contributed by atoms with E-state index in [0.29, 0.717) is 24.1 Å². The molecule has 0 radical (unpaired) electrons. The number of carbonyl (C=O) groups is 1. The van der Waals surface area contributed by atoms with Gasteiger partial charge in [0.2, 0.25) is 11.1 Å². The van der Waals surface area contributed by atoms with Gasteiger partial charge in [-0.3, -0.25) is 4.79 Å². The third-order valence-electron chi connectivity index (χ3n) is 3.18. The van der Waals surface area contributed by atoms with Crippen molar-refractivity contribution in [3.63, 3.8) is 0 Å². The number of rotatable bonds is 6. The Hall–Kier alpha value is -1.67. The highest BCUT2D eigenvalue weighted by atomic mass is 32.2. The van der Waals surface area contributed by atoms with Gasteiger partial charge in [0.15, 0.2) is 0 Å². The second-order valence-corrected chi connectivity index (χ2v) is 5.36. The SMILES string of the molecule is COCCNC(=O)Cc1c(C)nc2nc(SC)nn2c1C. The van der Waals surface area contributed by atoms with Gasteiger partial charge in [-0.1, -0.05) is 11.8 Å². The van der Waals surface area contributed by atoms with Gasteiger partial charge < -0.3 is 10.1 Å². The van der Waals surface area contributed by atoms with E-state index in [1.54, 1.807) is 11.6 Å². The molecular weight excluding hydrogens is 290 g/mol.